The van der Waals surface area contributed by atoms with Crippen molar-refractivity contribution in [2.75, 3.05) is 7.11 Å². The lowest BCUT2D eigenvalue weighted by atomic mass is 9.33. The highest BCUT2D eigenvalue weighted by Crippen LogP contribution is 2.96. The Balaban J connectivity index is 1.47. The molecule has 0 radical (unpaired) electrons. The third-order valence-electron chi connectivity index (χ3n) is 16.0. The van der Waals surface area contributed by atoms with Crippen LogP contribution in [0.25, 0.3) is 0 Å². The zero-order valence-electron chi connectivity index (χ0n) is 36.7. The summed E-state index contributed by atoms with van der Waals surface area (Å²) in [6.07, 6.45) is -11.3. The molecule has 20 heteroatoms. The Hall–Kier alpha value is -4.63. The highest BCUT2D eigenvalue weighted by atomic mass is 17.0. The molecule has 3 saturated heterocycles. The number of carbonyl (C=O) groups excluding carboxylic acids is 7. The fourth-order valence-electron chi connectivity index (χ4n) is 14.5. The van der Waals surface area contributed by atoms with E-state index in [4.69, 9.17) is 51.8 Å². The van der Waals surface area contributed by atoms with Crippen LogP contribution in [-0.2, 0) is 80.9 Å². The summed E-state index contributed by atoms with van der Waals surface area (Å²) in [4.78, 5) is 97.5. The molecular formula is C43H52O20. The van der Waals surface area contributed by atoms with Crippen molar-refractivity contribution in [1.82, 2.24) is 0 Å². The molecular weight excluding hydrogens is 836 g/mol. The maximum Gasteiger partial charge on any atom is 0.348 e. The second-order valence-corrected chi connectivity index (χ2v) is 19.7. The number of esters is 7. The monoisotopic (exact) mass is 888 g/mol. The van der Waals surface area contributed by atoms with Gasteiger partial charge in [-0.2, -0.15) is 0 Å². The number of hydrogen-bond donors (Lipinski definition) is 2. The van der Waals surface area contributed by atoms with Crippen molar-refractivity contribution >= 4 is 41.8 Å². The topological polar surface area (TPSA) is 265 Å². The molecule has 17 atom stereocenters. The van der Waals surface area contributed by atoms with E-state index in [1.54, 1.807) is 0 Å². The summed E-state index contributed by atoms with van der Waals surface area (Å²) in [7, 11) is 1.04. The molecule has 344 valence electrons. The molecule has 8 aliphatic rings. The summed E-state index contributed by atoms with van der Waals surface area (Å²) in [5.41, 5.74) is -18.2. The molecule has 1 aromatic rings. The molecule has 8 fully saturated rings. The van der Waals surface area contributed by atoms with Crippen LogP contribution in [0.5, 0.6) is 0 Å². The summed E-state index contributed by atoms with van der Waals surface area (Å²) in [6.45, 7) is 13.6. The van der Waals surface area contributed by atoms with Gasteiger partial charge in [-0.15, -0.1) is 0 Å². The van der Waals surface area contributed by atoms with Gasteiger partial charge in [0.2, 0.25) is 17.8 Å². The molecule has 20 nitrogen and oxygen atoms in total. The fourth-order valence-corrected chi connectivity index (χ4v) is 14.5. The Labute approximate surface area is 360 Å². The van der Waals surface area contributed by atoms with Gasteiger partial charge < -0.3 is 62.0 Å². The maximum atomic E-state index is 14.9. The molecule has 0 amide bonds. The van der Waals surface area contributed by atoms with Gasteiger partial charge in [0.15, 0.2) is 6.10 Å². The smallest absolute Gasteiger partial charge is 0.348 e. The number of furan rings is 1. The van der Waals surface area contributed by atoms with Crippen molar-refractivity contribution in [3.8, 4) is 0 Å². The lowest BCUT2D eigenvalue weighted by Crippen LogP contribution is -2.97. The molecule has 4 bridgehead atoms. The Bertz CT molecular complexity index is 2240. The number of ether oxygens (including phenoxy) is 10. The Morgan fingerprint density at radius 3 is 2.03 bits per heavy atom. The standard InChI is InChI=1S/C43H52O20/c1-17(2)29(48)59-28-32(51)58-26(22-12-13-54-14-22)38-16-39(28,38)43-34-41(60-30(49)18(3)4)33(57-21(7)46)35(8)15-40(41,52)36(9,24(35)23(31(50)53-11)55-19(5)44)42(43,62-37(10,61-34)63-43)25(47)27(38)56-20(6)45/h12-14,17-18,23-28,33-34,47,52H,15-16H2,1-11H3/t23-,24+,25-,26+,27+,28+,33+,34-,35-,36+,37?,38-,39-,40-,41-,42+,43+/m1/s1. The van der Waals surface area contributed by atoms with Gasteiger partial charge in [0, 0.05) is 50.0 Å². The molecule has 3 aliphatic heterocycles. The zero-order chi connectivity index (χ0) is 46.2. The van der Waals surface area contributed by atoms with Gasteiger partial charge >= 0.3 is 41.8 Å². The van der Waals surface area contributed by atoms with Gasteiger partial charge in [-0.1, -0.05) is 41.5 Å². The van der Waals surface area contributed by atoms with E-state index in [1.165, 1.54) is 67.1 Å². The summed E-state index contributed by atoms with van der Waals surface area (Å²) in [5, 5.41) is 27.9. The van der Waals surface area contributed by atoms with Crippen LogP contribution in [0.1, 0.15) is 93.7 Å². The molecule has 9 rings (SSSR count). The quantitative estimate of drug-likeness (QED) is 0.249. The zero-order valence-corrected chi connectivity index (χ0v) is 36.7. The van der Waals surface area contributed by atoms with Gasteiger partial charge in [-0.05, 0) is 18.9 Å². The number of fused-ring (bicyclic) bond motifs is 3. The molecule has 5 saturated carbocycles. The molecule has 63 heavy (non-hydrogen) atoms. The third-order valence-corrected chi connectivity index (χ3v) is 16.0. The highest BCUT2D eigenvalue weighted by molar-refractivity contribution is 5.86. The summed E-state index contributed by atoms with van der Waals surface area (Å²) < 4.78 is 69.0. The Morgan fingerprint density at radius 2 is 1.48 bits per heavy atom. The van der Waals surface area contributed by atoms with Crippen molar-refractivity contribution < 1.29 is 95.6 Å². The first kappa shape index (κ1) is 43.6. The maximum absolute atomic E-state index is 14.9. The number of hydrogen-bond acceptors (Lipinski definition) is 20. The van der Waals surface area contributed by atoms with Crippen LogP contribution in [0, 0.1) is 39.4 Å². The van der Waals surface area contributed by atoms with E-state index in [2.05, 4.69) is 0 Å². The first-order valence-corrected chi connectivity index (χ1v) is 21.0. The lowest BCUT2D eigenvalue weighted by molar-refractivity contribution is -0.472. The molecule has 1 unspecified atom stereocenters. The van der Waals surface area contributed by atoms with Gasteiger partial charge in [-0.25, -0.2) is 9.59 Å². The second-order valence-electron chi connectivity index (χ2n) is 19.7. The minimum atomic E-state index is -2.64. The molecule has 4 heterocycles. The lowest BCUT2D eigenvalue weighted by Gasteiger charge is -2.77. The number of rotatable bonds is 10. The van der Waals surface area contributed by atoms with E-state index < -0.39 is 159 Å². The van der Waals surface area contributed by atoms with Crippen LogP contribution in [0.3, 0.4) is 0 Å². The summed E-state index contributed by atoms with van der Waals surface area (Å²) in [6, 6.07) is 1.49. The largest absolute Gasteiger partial charge is 0.472 e. The van der Waals surface area contributed by atoms with E-state index in [1.807, 2.05) is 0 Å². The van der Waals surface area contributed by atoms with Crippen molar-refractivity contribution in [2.45, 2.75) is 153 Å². The van der Waals surface area contributed by atoms with Crippen LogP contribution < -0.4 is 0 Å². The van der Waals surface area contributed by atoms with E-state index in [0.29, 0.717) is 0 Å². The van der Waals surface area contributed by atoms with Crippen molar-refractivity contribution in [1.29, 1.82) is 0 Å². The first-order chi connectivity index (χ1) is 29.2. The van der Waals surface area contributed by atoms with Crippen LogP contribution in [-0.4, -0.2) is 124 Å². The van der Waals surface area contributed by atoms with Gasteiger partial charge in [0.05, 0.1) is 42.3 Å². The van der Waals surface area contributed by atoms with E-state index in [0.717, 1.165) is 27.9 Å². The fraction of sp³-hybridized carbons (Fsp3) is 0.744. The molecule has 1 aromatic heterocycles. The Kier molecular flexibility index (Phi) is 8.86. The average Bonchev–Trinajstić information content (AvgIpc) is 3.55. The predicted octanol–water partition coefficient (Wildman–Crippen LogP) is 1.49. The number of cyclic esters (lactones) is 1. The van der Waals surface area contributed by atoms with Crippen molar-refractivity contribution in [3.05, 3.63) is 24.2 Å². The normalized spacial score (nSPS) is 48.0. The SMILES string of the molecule is COC(=O)[C@H](OC(C)=O)[C@H]1[C@@]2(C)C[C@]3(O)[C@](OC(=O)C(C)C)([C@H]4OC5(C)O[C@@]6([C@H](O)[C@H](OC(C)=O)[C@]78C[C@]7([C@@H](OC(=O)C(C)C)C(=O)O[C@H]8c7ccoc7)[C@@]46O5)[C@@]13C)[C@H]2OC(C)=O. The van der Waals surface area contributed by atoms with E-state index in [9.17, 15) is 43.8 Å². The first-order valence-electron chi connectivity index (χ1n) is 21.0. The molecule has 5 aliphatic carbocycles. The summed E-state index contributed by atoms with van der Waals surface area (Å²) in [5.74, 6) is -12.6. The van der Waals surface area contributed by atoms with Gasteiger partial charge in [-0.3, -0.25) is 24.0 Å². The van der Waals surface area contributed by atoms with Crippen LogP contribution in [0.2, 0.25) is 0 Å². The minimum Gasteiger partial charge on any atom is -0.472 e. The minimum absolute atomic E-state index is 0.235. The van der Waals surface area contributed by atoms with Crippen LogP contribution in [0.4, 0.5) is 0 Å². The Morgan fingerprint density at radius 1 is 0.841 bits per heavy atom. The number of aliphatic hydroxyl groups excluding tert-OH is 1. The van der Waals surface area contributed by atoms with E-state index in [-0.39, 0.29) is 12.0 Å². The second kappa shape index (κ2) is 12.8. The number of methoxy groups -OCH3 is 1. The third kappa shape index (κ3) is 4.47. The highest BCUT2D eigenvalue weighted by Gasteiger charge is 3.12. The van der Waals surface area contributed by atoms with Gasteiger partial charge in [0.25, 0.3) is 5.97 Å². The summed E-state index contributed by atoms with van der Waals surface area (Å²) >= 11 is 0. The molecule has 0 aromatic carbocycles. The molecule has 2 N–H and O–H groups in total. The van der Waals surface area contributed by atoms with Crippen LogP contribution >= 0.6 is 0 Å². The number of carbonyl (C=O) groups is 7. The van der Waals surface area contributed by atoms with Crippen molar-refractivity contribution in [2.24, 2.45) is 39.4 Å². The average molecular weight is 889 g/mol. The predicted molar refractivity (Wildman–Crippen MR) is 200 cm³/mol. The van der Waals surface area contributed by atoms with Gasteiger partial charge in [0.1, 0.15) is 41.2 Å². The number of aliphatic hydroxyl groups is 2. The van der Waals surface area contributed by atoms with Crippen LogP contribution in [0.15, 0.2) is 23.0 Å². The molecule has 1 spiro atoms. The van der Waals surface area contributed by atoms with Crippen molar-refractivity contribution in [3.63, 3.8) is 0 Å². The van der Waals surface area contributed by atoms with E-state index >= 15 is 0 Å².